The second-order valence-electron chi connectivity index (χ2n) is 25.7. The summed E-state index contributed by atoms with van der Waals surface area (Å²) in [4.78, 5) is 7.67. The Morgan fingerprint density at radius 2 is 0.900 bits per heavy atom. The van der Waals surface area contributed by atoms with Crippen LogP contribution in [0.3, 0.4) is 0 Å². The molecule has 3 heterocycles. The van der Waals surface area contributed by atoms with Gasteiger partial charge in [0.15, 0.2) is 0 Å². The molecule has 0 aliphatic carbocycles. The molecule has 10 aromatic carbocycles. The fourth-order valence-electron chi connectivity index (χ4n) is 13.0. The molecule has 0 saturated carbocycles. The van der Waals surface area contributed by atoms with E-state index in [0.717, 1.165) is 28.4 Å². The van der Waals surface area contributed by atoms with Gasteiger partial charge in [0.2, 0.25) is 0 Å². The summed E-state index contributed by atoms with van der Waals surface area (Å²) in [5.74, 6) is 0. The number of benzene rings is 10. The summed E-state index contributed by atoms with van der Waals surface area (Å²) >= 11 is 0. The van der Waals surface area contributed by atoms with Crippen molar-refractivity contribution in [3.8, 4) is 16.8 Å². The summed E-state index contributed by atoms with van der Waals surface area (Å²) in [6, 6.07) is 80.5. The van der Waals surface area contributed by atoms with Crippen molar-refractivity contribution in [2.45, 2.75) is 99.3 Å². The van der Waals surface area contributed by atoms with E-state index >= 15 is 0 Å². The fourth-order valence-corrected chi connectivity index (χ4v) is 13.0. The van der Waals surface area contributed by atoms with Crippen LogP contribution in [0.2, 0.25) is 0 Å². The third kappa shape index (κ3) is 8.52. The lowest BCUT2D eigenvalue weighted by Crippen LogP contribution is -2.61. The Bertz CT molecular complexity index is 4180. The van der Waals surface area contributed by atoms with Gasteiger partial charge in [0.25, 0.3) is 6.71 Å². The number of aryl methyl sites for hydroxylation is 3. The largest absolute Gasteiger partial charge is 0.311 e. The monoisotopic (exact) mass is 1040 g/mol. The van der Waals surface area contributed by atoms with E-state index in [1.807, 2.05) is 0 Å². The molecule has 0 amide bonds. The molecule has 0 saturated heterocycles. The van der Waals surface area contributed by atoms with Crippen molar-refractivity contribution in [2.24, 2.45) is 0 Å². The predicted octanol–water partition coefficient (Wildman–Crippen LogP) is 18.8. The van der Waals surface area contributed by atoms with Gasteiger partial charge < -0.3 is 19.3 Å². The smallest absolute Gasteiger partial charge is 0.252 e. The van der Waals surface area contributed by atoms with Crippen LogP contribution < -0.4 is 31.1 Å². The zero-order valence-electron chi connectivity index (χ0n) is 48.6. The molecule has 394 valence electrons. The van der Waals surface area contributed by atoms with E-state index in [2.05, 4.69) is 315 Å². The average Bonchev–Trinajstić information content (AvgIpc) is 3.61. The first-order valence-corrected chi connectivity index (χ1v) is 28.6. The van der Waals surface area contributed by atoms with E-state index in [-0.39, 0.29) is 23.0 Å². The third-order valence-corrected chi connectivity index (χ3v) is 17.1. The van der Waals surface area contributed by atoms with Gasteiger partial charge in [-0.15, -0.1) is 0 Å². The Balaban J connectivity index is 1.08. The van der Waals surface area contributed by atoms with E-state index in [0.29, 0.717) is 0 Å². The van der Waals surface area contributed by atoms with Crippen LogP contribution in [0.5, 0.6) is 0 Å². The normalized spacial score (nSPS) is 13.2. The molecule has 0 fully saturated rings. The number of nitrogens with zero attached hydrogens (tertiary/aromatic N) is 4. The molecule has 11 aromatic rings. The van der Waals surface area contributed by atoms with Crippen LogP contribution in [0.15, 0.2) is 212 Å². The molecular weight excluding hydrogens is 968 g/mol. The van der Waals surface area contributed by atoms with Gasteiger partial charge in [0.05, 0.1) is 16.7 Å². The lowest BCUT2D eigenvalue weighted by Gasteiger charge is -2.45. The van der Waals surface area contributed by atoms with Crippen molar-refractivity contribution < 1.29 is 0 Å². The van der Waals surface area contributed by atoms with E-state index in [4.69, 9.17) is 0 Å². The summed E-state index contributed by atoms with van der Waals surface area (Å²) in [6.45, 7) is 27.7. The maximum Gasteiger partial charge on any atom is 0.252 e. The molecule has 0 atom stereocenters. The second kappa shape index (κ2) is 18.8. The number of anilines is 9. The Kier molecular flexibility index (Phi) is 12.0. The first-order chi connectivity index (χ1) is 38.3. The quantitative estimate of drug-likeness (QED) is 0.148. The standard InChI is InChI=1S/C75H71BN4/c1-48-41-69-71-70(42-48)80(72-49(2)43-52(44-50(72)3)51-21-15-13-16-22-51)66-40-31-55(75(10,11)12)45-64(66)76(71)63-39-37-60(47-68(63)79(69)58-34-29-54(30-35-58)74(7,8)9)77(57-32-27-53(28-33-57)73(4,5)6)59-36-38-62-61-25-19-20-26-65(61)78(67(62)46-59)56-23-17-14-18-24-56/h13-47H,1-12H3. The predicted molar refractivity (Wildman–Crippen MR) is 345 cm³/mol. The highest BCUT2D eigenvalue weighted by atomic mass is 15.2. The highest BCUT2D eigenvalue weighted by Gasteiger charge is 2.45. The maximum absolute atomic E-state index is 2.61. The van der Waals surface area contributed by atoms with Crippen LogP contribution in [0, 0.1) is 20.8 Å². The maximum atomic E-state index is 2.61. The molecule has 13 rings (SSSR count). The third-order valence-electron chi connectivity index (χ3n) is 17.1. The van der Waals surface area contributed by atoms with Crippen LogP contribution in [0.4, 0.5) is 51.2 Å². The van der Waals surface area contributed by atoms with Gasteiger partial charge in [-0.05, 0) is 195 Å². The Hall–Kier alpha value is -8.54. The highest BCUT2D eigenvalue weighted by molar-refractivity contribution is 7.00. The van der Waals surface area contributed by atoms with E-state index in [9.17, 15) is 0 Å². The molecule has 0 unspecified atom stereocenters. The van der Waals surface area contributed by atoms with Gasteiger partial charge in [-0.3, -0.25) is 0 Å². The molecule has 1 aromatic heterocycles. The van der Waals surface area contributed by atoms with Gasteiger partial charge in [0.1, 0.15) is 0 Å². The summed E-state index contributed by atoms with van der Waals surface area (Å²) in [6.07, 6.45) is 0. The highest BCUT2D eigenvalue weighted by Crippen LogP contribution is 2.49. The van der Waals surface area contributed by atoms with Crippen molar-refractivity contribution in [2.75, 3.05) is 14.7 Å². The van der Waals surface area contributed by atoms with E-state index in [1.165, 1.54) is 111 Å². The summed E-state index contributed by atoms with van der Waals surface area (Å²) in [5, 5.41) is 2.47. The summed E-state index contributed by atoms with van der Waals surface area (Å²) in [5.41, 5.74) is 28.0. The number of aromatic nitrogens is 1. The van der Waals surface area contributed by atoms with Crippen LogP contribution in [-0.4, -0.2) is 11.3 Å². The molecule has 5 heteroatoms. The van der Waals surface area contributed by atoms with Crippen molar-refractivity contribution in [1.29, 1.82) is 0 Å². The number of hydrogen-bond donors (Lipinski definition) is 0. The van der Waals surface area contributed by atoms with Crippen LogP contribution >= 0.6 is 0 Å². The molecule has 0 spiro atoms. The minimum absolute atomic E-state index is 0.000143. The van der Waals surface area contributed by atoms with Gasteiger partial charge in [-0.2, -0.15) is 0 Å². The molecule has 0 radical (unpaired) electrons. The number of rotatable bonds is 7. The van der Waals surface area contributed by atoms with Gasteiger partial charge in [-0.25, -0.2) is 0 Å². The van der Waals surface area contributed by atoms with Crippen molar-refractivity contribution in [3.05, 3.63) is 246 Å². The minimum Gasteiger partial charge on any atom is -0.311 e. The minimum atomic E-state index is -0.0715. The fraction of sp³-hybridized carbons (Fsp3) is 0.200. The van der Waals surface area contributed by atoms with Crippen molar-refractivity contribution in [3.63, 3.8) is 0 Å². The zero-order chi connectivity index (χ0) is 55.6. The van der Waals surface area contributed by atoms with Gasteiger partial charge in [0, 0.05) is 62.0 Å². The van der Waals surface area contributed by atoms with Crippen LogP contribution in [-0.2, 0) is 16.2 Å². The van der Waals surface area contributed by atoms with Crippen molar-refractivity contribution in [1.82, 2.24) is 4.57 Å². The lowest BCUT2D eigenvalue weighted by molar-refractivity contribution is 0.590. The molecule has 4 nitrogen and oxygen atoms in total. The van der Waals surface area contributed by atoms with Crippen LogP contribution in [0.25, 0.3) is 38.6 Å². The summed E-state index contributed by atoms with van der Waals surface area (Å²) < 4.78 is 2.43. The molecule has 0 N–H and O–H groups in total. The Morgan fingerprint density at radius 3 is 1.55 bits per heavy atom. The Morgan fingerprint density at radius 1 is 0.362 bits per heavy atom. The number of para-hydroxylation sites is 2. The van der Waals surface area contributed by atoms with E-state index in [1.54, 1.807) is 0 Å². The molecular formula is C75H71BN4. The second-order valence-corrected chi connectivity index (χ2v) is 25.7. The number of hydrogen-bond acceptors (Lipinski definition) is 3. The van der Waals surface area contributed by atoms with Gasteiger partial charge >= 0.3 is 0 Å². The van der Waals surface area contributed by atoms with Gasteiger partial charge in [-0.1, -0.05) is 178 Å². The number of fused-ring (bicyclic) bond motifs is 7. The molecule has 80 heavy (non-hydrogen) atoms. The first kappa shape index (κ1) is 50.9. The zero-order valence-corrected chi connectivity index (χ0v) is 48.6. The topological polar surface area (TPSA) is 14.7 Å². The first-order valence-electron chi connectivity index (χ1n) is 28.6. The average molecular weight is 1040 g/mol. The lowest BCUT2D eigenvalue weighted by atomic mass is 9.33. The molecule has 2 aliphatic rings. The van der Waals surface area contributed by atoms with Crippen LogP contribution in [0.1, 0.15) is 95.7 Å². The SMILES string of the molecule is Cc1cc2c3c(c1)N(c1c(C)cc(-c4ccccc4)cc1C)c1ccc(C(C)(C)C)cc1B3c1ccc(N(c3ccc(C(C)(C)C)cc3)c3ccc4c5ccccc5n(-c5ccccc5)c4c3)cc1N2c1ccc(C(C)(C)C)cc1. The summed E-state index contributed by atoms with van der Waals surface area (Å²) in [7, 11) is 0. The molecule has 0 bridgehead atoms. The van der Waals surface area contributed by atoms with Crippen molar-refractivity contribution >= 4 is 96.1 Å². The Labute approximate surface area is 474 Å². The van der Waals surface area contributed by atoms with E-state index < -0.39 is 0 Å². The molecule has 2 aliphatic heterocycles.